The van der Waals surface area contributed by atoms with Gasteiger partial charge in [-0.05, 0) is 40.5 Å². The van der Waals surface area contributed by atoms with Crippen molar-refractivity contribution in [1.29, 1.82) is 0 Å². The minimum atomic E-state index is 0.462. The van der Waals surface area contributed by atoms with Gasteiger partial charge in [0, 0.05) is 10.7 Å². The third kappa shape index (κ3) is 1.59. The Morgan fingerprint density at radius 2 is 2.11 bits per heavy atom. The van der Waals surface area contributed by atoms with Crippen molar-refractivity contribution in [2.75, 3.05) is 5.73 Å². The second-order valence-corrected chi connectivity index (χ2v) is 4.87. The largest absolute Gasteiger partial charge is 0.369 e. The van der Waals surface area contributed by atoms with Gasteiger partial charge in [-0.2, -0.15) is 0 Å². The van der Waals surface area contributed by atoms with Gasteiger partial charge < -0.3 is 5.73 Å². The molecule has 0 radical (unpaired) electrons. The van der Waals surface area contributed by atoms with E-state index >= 15 is 0 Å². The first-order valence-electron chi connectivity index (χ1n) is 5.52. The van der Waals surface area contributed by atoms with Crippen LogP contribution in [-0.4, -0.2) is 14.5 Å². The fourth-order valence-corrected chi connectivity index (χ4v) is 2.45. The molecule has 0 amide bonds. The number of nitrogen functional groups attached to an aromatic ring is 1. The average Bonchev–Trinajstić information content (AvgIpc) is 2.69. The van der Waals surface area contributed by atoms with Crippen molar-refractivity contribution in [3.05, 3.63) is 46.7 Å². The normalized spacial score (nSPS) is 11.0. The minimum absolute atomic E-state index is 0.462. The van der Waals surface area contributed by atoms with Crippen LogP contribution >= 0.6 is 15.9 Å². The van der Waals surface area contributed by atoms with Crippen molar-refractivity contribution in [1.82, 2.24) is 14.5 Å². The van der Waals surface area contributed by atoms with Gasteiger partial charge in [-0.3, -0.25) is 9.55 Å². The topological polar surface area (TPSA) is 56.7 Å². The van der Waals surface area contributed by atoms with E-state index < -0.39 is 0 Å². The van der Waals surface area contributed by atoms with E-state index in [1.54, 1.807) is 12.4 Å². The molecule has 0 bridgehead atoms. The van der Waals surface area contributed by atoms with Gasteiger partial charge in [-0.25, -0.2) is 4.98 Å². The average molecular weight is 303 g/mol. The smallest absolute Gasteiger partial charge is 0.206 e. The molecule has 0 spiro atoms. The highest BCUT2D eigenvalue weighted by molar-refractivity contribution is 9.10. The number of pyridine rings is 1. The van der Waals surface area contributed by atoms with Crippen LogP contribution in [-0.2, 0) is 0 Å². The number of nitrogens with zero attached hydrogens (tertiary/aromatic N) is 3. The number of halogens is 1. The molecule has 90 valence electrons. The van der Waals surface area contributed by atoms with Gasteiger partial charge in [0.2, 0.25) is 5.95 Å². The van der Waals surface area contributed by atoms with Gasteiger partial charge in [0.25, 0.3) is 0 Å². The Labute approximate surface area is 113 Å². The van der Waals surface area contributed by atoms with E-state index in [0.29, 0.717) is 5.95 Å². The summed E-state index contributed by atoms with van der Waals surface area (Å²) in [5.41, 5.74) is 9.90. The van der Waals surface area contributed by atoms with E-state index in [1.807, 2.05) is 35.8 Å². The van der Waals surface area contributed by atoms with E-state index in [0.717, 1.165) is 26.8 Å². The molecule has 0 aliphatic carbocycles. The van der Waals surface area contributed by atoms with Crippen LogP contribution in [0.5, 0.6) is 0 Å². The van der Waals surface area contributed by atoms with Crippen LogP contribution in [0.25, 0.3) is 16.7 Å². The van der Waals surface area contributed by atoms with Gasteiger partial charge >= 0.3 is 0 Å². The fourth-order valence-electron chi connectivity index (χ4n) is 2.01. The highest BCUT2D eigenvalue weighted by atomic mass is 79.9. The Kier molecular flexibility index (Phi) is 2.56. The molecule has 2 heterocycles. The van der Waals surface area contributed by atoms with Gasteiger partial charge in [-0.1, -0.05) is 12.1 Å². The highest BCUT2D eigenvalue weighted by Crippen LogP contribution is 2.29. The standard InChI is InChI=1S/C13H11BrN4/c1-8-3-2-4-11(12(8)14)18-10-5-6-16-7-9(10)17-13(18)15/h2-7H,1H3,(H2,15,17). The van der Waals surface area contributed by atoms with Crippen LogP contribution in [0, 0.1) is 6.92 Å². The highest BCUT2D eigenvalue weighted by Gasteiger charge is 2.12. The number of rotatable bonds is 1. The number of fused-ring (bicyclic) bond motifs is 1. The fraction of sp³-hybridized carbons (Fsp3) is 0.0769. The van der Waals surface area contributed by atoms with Crippen LogP contribution in [0.15, 0.2) is 41.1 Å². The zero-order chi connectivity index (χ0) is 12.7. The number of aromatic nitrogens is 3. The molecule has 3 rings (SSSR count). The number of aryl methyl sites for hydroxylation is 1. The van der Waals surface area contributed by atoms with Crippen LogP contribution in [0.1, 0.15) is 5.56 Å². The monoisotopic (exact) mass is 302 g/mol. The molecule has 18 heavy (non-hydrogen) atoms. The van der Waals surface area contributed by atoms with E-state index in [1.165, 1.54) is 0 Å². The second kappa shape index (κ2) is 4.10. The van der Waals surface area contributed by atoms with Crippen molar-refractivity contribution in [3.63, 3.8) is 0 Å². The third-order valence-corrected chi connectivity index (χ3v) is 3.93. The maximum atomic E-state index is 6.01. The first kappa shape index (κ1) is 11.2. The predicted molar refractivity (Wildman–Crippen MR) is 75.7 cm³/mol. The molecular formula is C13H11BrN4. The Hall–Kier alpha value is -1.88. The molecule has 0 atom stereocenters. The first-order valence-corrected chi connectivity index (χ1v) is 6.31. The molecule has 0 aliphatic heterocycles. The summed E-state index contributed by atoms with van der Waals surface area (Å²) in [6.45, 7) is 2.05. The predicted octanol–water partition coefficient (Wildman–Crippen LogP) is 3.07. The molecule has 3 aromatic rings. The minimum Gasteiger partial charge on any atom is -0.369 e. The lowest BCUT2D eigenvalue weighted by molar-refractivity contribution is 1.09. The number of imidazole rings is 1. The molecule has 0 unspecified atom stereocenters. The quantitative estimate of drug-likeness (QED) is 0.751. The van der Waals surface area contributed by atoms with Gasteiger partial charge in [-0.15, -0.1) is 0 Å². The second-order valence-electron chi connectivity index (χ2n) is 4.08. The number of hydrogen-bond donors (Lipinski definition) is 1. The SMILES string of the molecule is Cc1cccc(-n2c(N)nc3cnccc32)c1Br. The summed E-state index contributed by atoms with van der Waals surface area (Å²) < 4.78 is 2.95. The molecule has 0 saturated carbocycles. The lowest BCUT2D eigenvalue weighted by atomic mass is 10.2. The maximum Gasteiger partial charge on any atom is 0.206 e. The van der Waals surface area contributed by atoms with Crippen molar-refractivity contribution < 1.29 is 0 Å². The number of anilines is 1. The molecular weight excluding hydrogens is 292 g/mol. The molecule has 1 aromatic carbocycles. The lowest BCUT2D eigenvalue weighted by Gasteiger charge is -2.10. The van der Waals surface area contributed by atoms with Gasteiger partial charge in [0.05, 0.1) is 17.4 Å². The third-order valence-electron chi connectivity index (χ3n) is 2.90. The Morgan fingerprint density at radius 3 is 2.94 bits per heavy atom. The Morgan fingerprint density at radius 1 is 1.28 bits per heavy atom. The molecule has 2 aromatic heterocycles. The maximum absolute atomic E-state index is 6.01. The van der Waals surface area contributed by atoms with Crippen molar-refractivity contribution >= 4 is 32.9 Å². The van der Waals surface area contributed by atoms with Crippen LogP contribution in [0.4, 0.5) is 5.95 Å². The molecule has 4 nitrogen and oxygen atoms in total. The summed E-state index contributed by atoms with van der Waals surface area (Å²) in [7, 11) is 0. The number of nitrogens with two attached hydrogens (primary N) is 1. The van der Waals surface area contributed by atoms with E-state index in [-0.39, 0.29) is 0 Å². The molecule has 0 aliphatic rings. The molecule has 2 N–H and O–H groups in total. The summed E-state index contributed by atoms with van der Waals surface area (Å²) in [6.07, 6.45) is 3.45. The Balaban J connectivity index is 2.38. The molecule has 0 fully saturated rings. The van der Waals surface area contributed by atoms with Gasteiger partial charge in [0.15, 0.2) is 0 Å². The van der Waals surface area contributed by atoms with Crippen molar-refractivity contribution in [3.8, 4) is 5.69 Å². The molecule has 5 heteroatoms. The summed E-state index contributed by atoms with van der Waals surface area (Å²) in [5, 5.41) is 0. The van der Waals surface area contributed by atoms with Crippen molar-refractivity contribution in [2.24, 2.45) is 0 Å². The van der Waals surface area contributed by atoms with E-state index in [4.69, 9.17) is 5.73 Å². The van der Waals surface area contributed by atoms with Gasteiger partial charge in [0.1, 0.15) is 5.52 Å². The van der Waals surface area contributed by atoms with E-state index in [9.17, 15) is 0 Å². The van der Waals surface area contributed by atoms with Crippen LogP contribution < -0.4 is 5.73 Å². The van der Waals surface area contributed by atoms with Crippen molar-refractivity contribution in [2.45, 2.75) is 6.92 Å². The summed E-state index contributed by atoms with van der Waals surface area (Å²) in [4.78, 5) is 8.38. The zero-order valence-corrected chi connectivity index (χ0v) is 11.3. The Bertz CT molecular complexity index is 733. The first-order chi connectivity index (χ1) is 8.68. The van der Waals surface area contributed by atoms with E-state index in [2.05, 4.69) is 25.9 Å². The number of benzene rings is 1. The zero-order valence-electron chi connectivity index (χ0n) is 9.76. The van der Waals surface area contributed by atoms with Crippen LogP contribution in [0.2, 0.25) is 0 Å². The summed E-state index contributed by atoms with van der Waals surface area (Å²) in [6, 6.07) is 7.97. The number of hydrogen-bond acceptors (Lipinski definition) is 3. The lowest BCUT2D eigenvalue weighted by Crippen LogP contribution is -2.02. The summed E-state index contributed by atoms with van der Waals surface area (Å²) in [5.74, 6) is 0.462. The summed E-state index contributed by atoms with van der Waals surface area (Å²) >= 11 is 3.60. The molecule has 0 saturated heterocycles. The van der Waals surface area contributed by atoms with Crippen LogP contribution in [0.3, 0.4) is 0 Å².